The number of unbranched alkanes of at least 4 members (excludes halogenated alkanes) is 1. The van der Waals surface area contributed by atoms with Gasteiger partial charge in [0.2, 0.25) is 0 Å². The molecule has 4 aromatic rings. The van der Waals surface area contributed by atoms with Crippen molar-refractivity contribution in [3.05, 3.63) is 88.7 Å². The Hall–Kier alpha value is -3.80. The van der Waals surface area contributed by atoms with Gasteiger partial charge in [0.05, 0.1) is 17.6 Å². The van der Waals surface area contributed by atoms with Crippen molar-refractivity contribution in [1.29, 1.82) is 0 Å². The van der Waals surface area contributed by atoms with Crippen molar-refractivity contribution < 1.29 is 14.3 Å². The molecule has 0 saturated heterocycles. The molecule has 0 fully saturated rings. The van der Waals surface area contributed by atoms with Gasteiger partial charge in [-0.05, 0) is 93.5 Å². The van der Waals surface area contributed by atoms with Gasteiger partial charge in [0.25, 0.3) is 5.91 Å². The van der Waals surface area contributed by atoms with E-state index in [0.717, 1.165) is 71.7 Å². The van der Waals surface area contributed by atoms with Gasteiger partial charge in [-0.15, -0.1) is 0 Å². The highest BCUT2D eigenvalue weighted by Gasteiger charge is 2.11. The number of nitrogens with one attached hydrogen (secondary N) is 1. The molecule has 6 heteroatoms. The molecule has 0 aliphatic heterocycles. The predicted octanol–water partition coefficient (Wildman–Crippen LogP) is 6.26. The number of hydrogen-bond acceptors (Lipinski definition) is 4. The minimum Gasteiger partial charge on any atom is -0.493 e. The van der Waals surface area contributed by atoms with E-state index < -0.39 is 0 Å². The number of rotatable bonds is 13. The first kappa shape index (κ1) is 27.2. The van der Waals surface area contributed by atoms with Crippen LogP contribution in [0.5, 0.6) is 11.5 Å². The lowest BCUT2D eigenvalue weighted by Gasteiger charge is -2.12. The third kappa shape index (κ3) is 7.15. The zero-order chi connectivity index (χ0) is 26.9. The molecule has 0 aliphatic rings. The van der Waals surface area contributed by atoms with Crippen molar-refractivity contribution in [2.75, 3.05) is 19.8 Å². The lowest BCUT2D eigenvalue weighted by Crippen LogP contribution is -2.30. The quantitative estimate of drug-likeness (QED) is 0.214. The van der Waals surface area contributed by atoms with Crippen LogP contribution in [0.4, 0.5) is 0 Å². The van der Waals surface area contributed by atoms with Crippen LogP contribution in [-0.2, 0) is 17.8 Å². The van der Waals surface area contributed by atoms with Crippen molar-refractivity contribution in [2.24, 2.45) is 0 Å². The van der Waals surface area contributed by atoms with Crippen LogP contribution >= 0.6 is 0 Å². The van der Waals surface area contributed by atoms with E-state index in [2.05, 4.69) is 48.0 Å². The number of carbonyl (C=O) groups is 1. The van der Waals surface area contributed by atoms with Crippen LogP contribution in [0, 0.1) is 27.7 Å². The zero-order valence-electron chi connectivity index (χ0n) is 23.0. The van der Waals surface area contributed by atoms with Crippen LogP contribution in [0.3, 0.4) is 0 Å². The first-order chi connectivity index (χ1) is 18.4. The molecular weight excluding hydrogens is 474 g/mol. The van der Waals surface area contributed by atoms with Gasteiger partial charge in [0.1, 0.15) is 17.3 Å². The number of benzene rings is 3. The summed E-state index contributed by atoms with van der Waals surface area (Å²) in [6, 6.07) is 20.5. The van der Waals surface area contributed by atoms with Crippen molar-refractivity contribution in [1.82, 2.24) is 14.9 Å². The summed E-state index contributed by atoms with van der Waals surface area (Å²) in [5, 5.41) is 2.98. The maximum absolute atomic E-state index is 12.3. The van der Waals surface area contributed by atoms with Gasteiger partial charge in [-0.3, -0.25) is 4.79 Å². The molecule has 0 unspecified atom stereocenters. The van der Waals surface area contributed by atoms with Gasteiger partial charge in [0.15, 0.2) is 6.61 Å². The van der Waals surface area contributed by atoms with Gasteiger partial charge in [-0.25, -0.2) is 4.98 Å². The molecule has 0 aliphatic carbocycles. The Labute approximate surface area is 226 Å². The van der Waals surface area contributed by atoms with Crippen molar-refractivity contribution in [3.63, 3.8) is 0 Å². The van der Waals surface area contributed by atoms with Crippen molar-refractivity contribution in [3.8, 4) is 11.5 Å². The predicted molar refractivity (Wildman–Crippen MR) is 153 cm³/mol. The third-order valence-electron chi connectivity index (χ3n) is 6.92. The smallest absolute Gasteiger partial charge is 0.257 e. The number of amides is 1. The molecule has 3 aromatic carbocycles. The van der Waals surface area contributed by atoms with Crippen LogP contribution in [0.2, 0.25) is 0 Å². The molecule has 6 nitrogen and oxygen atoms in total. The van der Waals surface area contributed by atoms with Crippen molar-refractivity contribution >= 4 is 16.9 Å². The maximum atomic E-state index is 12.3. The molecule has 0 atom stereocenters. The molecule has 1 N–H and O–H groups in total. The molecule has 0 radical (unpaired) electrons. The van der Waals surface area contributed by atoms with Gasteiger partial charge >= 0.3 is 0 Å². The fraction of sp³-hybridized carbons (Fsp3) is 0.375. The van der Waals surface area contributed by atoms with Crippen LogP contribution in [-0.4, -0.2) is 35.2 Å². The van der Waals surface area contributed by atoms with E-state index in [1.807, 2.05) is 50.2 Å². The molecule has 200 valence electrons. The summed E-state index contributed by atoms with van der Waals surface area (Å²) < 4.78 is 14.1. The summed E-state index contributed by atoms with van der Waals surface area (Å²) in [4.78, 5) is 17.2. The molecule has 1 aromatic heterocycles. The topological polar surface area (TPSA) is 65.4 Å². The second kappa shape index (κ2) is 13.1. The Balaban J connectivity index is 1.24. The summed E-state index contributed by atoms with van der Waals surface area (Å²) in [6.45, 7) is 10.4. The molecule has 0 spiro atoms. The van der Waals surface area contributed by atoms with Crippen LogP contribution in [0.1, 0.15) is 47.3 Å². The number of aryl methyl sites for hydroxylation is 5. The highest BCUT2D eigenvalue weighted by Crippen LogP contribution is 2.22. The number of fused-ring (bicyclic) bond motifs is 1. The highest BCUT2D eigenvalue weighted by atomic mass is 16.5. The lowest BCUT2D eigenvalue weighted by molar-refractivity contribution is -0.123. The summed E-state index contributed by atoms with van der Waals surface area (Å²) >= 11 is 0. The second-order valence-corrected chi connectivity index (χ2v) is 9.93. The fourth-order valence-corrected chi connectivity index (χ4v) is 4.53. The van der Waals surface area contributed by atoms with Gasteiger partial charge in [0, 0.05) is 19.5 Å². The van der Waals surface area contributed by atoms with E-state index in [-0.39, 0.29) is 12.5 Å². The van der Waals surface area contributed by atoms with E-state index >= 15 is 0 Å². The van der Waals surface area contributed by atoms with Crippen LogP contribution in [0.15, 0.2) is 60.7 Å². The Morgan fingerprint density at radius 3 is 2.58 bits per heavy atom. The standard InChI is InChI=1S/C32H39N3O3/c1-23-16-17-25(3)30(21-23)38-22-32(36)33-18-10-15-31-34-27-12-5-6-13-28(27)35(31)19-7-8-20-37-29-14-9-11-24(2)26(29)4/h5-6,9,11-14,16-17,21H,7-8,10,15,18-20,22H2,1-4H3,(H,33,36). The number of hydrogen-bond donors (Lipinski definition) is 1. The van der Waals surface area contributed by atoms with Gasteiger partial charge < -0.3 is 19.4 Å². The minimum atomic E-state index is -0.108. The van der Waals surface area contributed by atoms with Gasteiger partial charge in [-0.1, -0.05) is 36.4 Å². The average Bonchev–Trinajstić information content (AvgIpc) is 3.26. The highest BCUT2D eigenvalue weighted by molar-refractivity contribution is 5.77. The number of para-hydroxylation sites is 2. The summed E-state index contributed by atoms with van der Waals surface area (Å²) in [5.41, 5.74) is 6.77. The van der Waals surface area contributed by atoms with E-state index in [4.69, 9.17) is 14.5 Å². The van der Waals surface area contributed by atoms with Gasteiger partial charge in [-0.2, -0.15) is 0 Å². The number of aromatic nitrogens is 2. The molecule has 1 heterocycles. The Morgan fingerprint density at radius 2 is 1.71 bits per heavy atom. The van der Waals surface area contributed by atoms with E-state index in [9.17, 15) is 4.79 Å². The van der Waals surface area contributed by atoms with Crippen molar-refractivity contribution in [2.45, 2.75) is 59.9 Å². The third-order valence-corrected chi connectivity index (χ3v) is 6.92. The van der Waals surface area contributed by atoms with Crippen LogP contribution in [0.25, 0.3) is 11.0 Å². The molecule has 0 saturated carbocycles. The lowest BCUT2D eigenvalue weighted by atomic mass is 10.1. The first-order valence-corrected chi connectivity index (χ1v) is 13.5. The maximum Gasteiger partial charge on any atom is 0.257 e. The van der Waals surface area contributed by atoms with E-state index in [1.54, 1.807) is 0 Å². The minimum absolute atomic E-state index is 0.0208. The van der Waals surface area contributed by atoms with E-state index in [0.29, 0.717) is 13.2 Å². The normalized spacial score (nSPS) is 11.1. The largest absolute Gasteiger partial charge is 0.493 e. The molecule has 0 bridgehead atoms. The summed E-state index contributed by atoms with van der Waals surface area (Å²) in [6.07, 6.45) is 3.58. The average molecular weight is 514 g/mol. The first-order valence-electron chi connectivity index (χ1n) is 13.5. The molecule has 1 amide bonds. The SMILES string of the molecule is Cc1ccc(C)c(OCC(=O)NCCCc2nc3ccccc3n2CCCCOc2cccc(C)c2C)c1. The molecule has 4 rings (SSSR count). The Bertz CT molecular complexity index is 1380. The number of nitrogens with zero attached hydrogens (tertiary/aromatic N) is 2. The monoisotopic (exact) mass is 513 g/mol. The summed E-state index contributed by atoms with van der Waals surface area (Å²) in [5.74, 6) is 2.68. The zero-order valence-corrected chi connectivity index (χ0v) is 23.0. The number of imidazole rings is 1. The Morgan fingerprint density at radius 1 is 0.868 bits per heavy atom. The number of ether oxygens (including phenoxy) is 2. The van der Waals surface area contributed by atoms with Crippen LogP contribution < -0.4 is 14.8 Å². The fourth-order valence-electron chi connectivity index (χ4n) is 4.53. The molecule has 38 heavy (non-hydrogen) atoms. The van der Waals surface area contributed by atoms with E-state index in [1.165, 1.54) is 11.1 Å². The number of carbonyl (C=O) groups excluding carboxylic acids is 1. The Kier molecular flexibility index (Phi) is 9.41. The molecular formula is C32H39N3O3. The second-order valence-electron chi connectivity index (χ2n) is 9.93. The summed E-state index contributed by atoms with van der Waals surface area (Å²) in [7, 11) is 0.